The van der Waals surface area contributed by atoms with Crippen LogP contribution < -0.4 is 5.32 Å². The van der Waals surface area contributed by atoms with Crippen molar-refractivity contribution >= 4 is 5.91 Å². The molecule has 1 aliphatic carbocycles. The van der Waals surface area contributed by atoms with Gasteiger partial charge in [-0.05, 0) is 51.5 Å². The van der Waals surface area contributed by atoms with Crippen LogP contribution in [0.1, 0.15) is 51.9 Å². The Labute approximate surface area is 116 Å². The van der Waals surface area contributed by atoms with Gasteiger partial charge in [0.25, 0.3) is 5.91 Å². The third kappa shape index (κ3) is 3.93. The standard InChI is InChI=1S/C15H28N2O2/c1-3-10-16-12-6-8-13(9-7-12)17(2)15(18)14-5-4-11-19-14/h12-14,16H,3-11H2,1-2H3. The lowest BCUT2D eigenvalue weighted by Gasteiger charge is -2.36. The summed E-state index contributed by atoms with van der Waals surface area (Å²) in [6, 6.07) is 1.07. The molecule has 2 aliphatic rings. The highest BCUT2D eigenvalue weighted by atomic mass is 16.5. The Morgan fingerprint density at radius 3 is 2.58 bits per heavy atom. The van der Waals surface area contributed by atoms with E-state index in [4.69, 9.17) is 4.74 Å². The van der Waals surface area contributed by atoms with Crippen molar-refractivity contribution in [2.75, 3.05) is 20.2 Å². The second kappa shape index (κ2) is 7.25. The number of likely N-dealkylation sites (N-methyl/N-ethyl adjacent to an activating group) is 1. The van der Waals surface area contributed by atoms with E-state index in [9.17, 15) is 4.79 Å². The van der Waals surface area contributed by atoms with Crippen LogP contribution in [0.15, 0.2) is 0 Å². The third-order valence-electron chi connectivity index (χ3n) is 4.48. The lowest BCUT2D eigenvalue weighted by atomic mass is 9.90. The Morgan fingerprint density at radius 1 is 1.26 bits per heavy atom. The van der Waals surface area contributed by atoms with Crippen LogP contribution in [0.5, 0.6) is 0 Å². The number of amides is 1. The zero-order valence-corrected chi connectivity index (χ0v) is 12.4. The molecule has 110 valence electrons. The van der Waals surface area contributed by atoms with E-state index in [0.717, 1.165) is 38.8 Å². The predicted molar refractivity (Wildman–Crippen MR) is 76.1 cm³/mol. The largest absolute Gasteiger partial charge is 0.368 e. The third-order valence-corrected chi connectivity index (χ3v) is 4.48. The smallest absolute Gasteiger partial charge is 0.251 e. The molecule has 4 heteroatoms. The van der Waals surface area contributed by atoms with E-state index in [0.29, 0.717) is 12.1 Å². The topological polar surface area (TPSA) is 41.6 Å². The van der Waals surface area contributed by atoms with E-state index in [1.165, 1.54) is 19.3 Å². The summed E-state index contributed by atoms with van der Waals surface area (Å²) < 4.78 is 5.50. The monoisotopic (exact) mass is 268 g/mol. The zero-order valence-electron chi connectivity index (χ0n) is 12.4. The Balaban J connectivity index is 1.75. The fourth-order valence-corrected chi connectivity index (χ4v) is 3.20. The van der Waals surface area contributed by atoms with Gasteiger partial charge in [-0.2, -0.15) is 0 Å². The maximum Gasteiger partial charge on any atom is 0.251 e. The molecule has 0 spiro atoms. The molecule has 0 aromatic heterocycles. The van der Waals surface area contributed by atoms with E-state index >= 15 is 0 Å². The van der Waals surface area contributed by atoms with Crippen LogP contribution in [0.2, 0.25) is 0 Å². The molecule has 1 amide bonds. The minimum atomic E-state index is -0.166. The first-order valence-electron chi connectivity index (χ1n) is 7.84. The first kappa shape index (κ1) is 14.8. The van der Waals surface area contributed by atoms with Crippen LogP contribution in [0, 0.1) is 0 Å². The summed E-state index contributed by atoms with van der Waals surface area (Å²) in [5.74, 6) is 0.197. The molecule has 4 nitrogen and oxygen atoms in total. The molecule has 2 fully saturated rings. The molecule has 1 N–H and O–H groups in total. The highest BCUT2D eigenvalue weighted by molar-refractivity contribution is 5.81. The van der Waals surface area contributed by atoms with Crippen LogP contribution in [0.25, 0.3) is 0 Å². The molecule has 0 aromatic rings. The molecule has 0 aromatic carbocycles. The van der Waals surface area contributed by atoms with Crippen molar-refractivity contribution in [3.8, 4) is 0 Å². The molecule has 1 unspecified atom stereocenters. The minimum absolute atomic E-state index is 0.166. The number of carbonyl (C=O) groups excluding carboxylic acids is 1. The second-order valence-corrected chi connectivity index (χ2v) is 5.91. The average Bonchev–Trinajstić information content (AvgIpc) is 2.98. The van der Waals surface area contributed by atoms with Crippen molar-refractivity contribution in [2.45, 2.75) is 70.1 Å². The van der Waals surface area contributed by atoms with Crippen molar-refractivity contribution in [1.29, 1.82) is 0 Å². The lowest BCUT2D eigenvalue weighted by molar-refractivity contribution is -0.142. The van der Waals surface area contributed by atoms with Gasteiger partial charge in [-0.3, -0.25) is 4.79 Å². The number of ether oxygens (including phenoxy) is 1. The molecule has 0 bridgehead atoms. The summed E-state index contributed by atoms with van der Waals surface area (Å²) in [6.07, 6.45) is 7.57. The number of hydrogen-bond acceptors (Lipinski definition) is 3. The Kier molecular flexibility index (Phi) is 5.64. The van der Waals surface area contributed by atoms with Crippen LogP contribution >= 0.6 is 0 Å². The van der Waals surface area contributed by atoms with Crippen LogP contribution in [0.4, 0.5) is 0 Å². The number of rotatable bonds is 5. The molecule has 1 aliphatic heterocycles. The minimum Gasteiger partial charge on any atom is -0.368 e. The number of carbonyl (C=O) groups is 1. The first-order chi connectivity index (χ1) is 9.22. The molecule has 1 heterocycles. The van der Waals surface area contributed by atoms with E-state index in [1.54, 1.807) is 0 Å². The Morgan fingerprint density at radius 2 is 2.00 bits per heavy atom. The highest BCUT2D eigenvalue weighted by Crippen LogP contribution is 2.24. The summed E-state index contributed by atoms with van der Waals surface area (Å²) in [7, 11) is 1.95. The van der Waals surface area contributed by atoms with Gasteiger partial charge >= 0.3 is 0 Å². The van der Waals surface area contributed by atoms with Gasteiger partial charge in [0.15, 0.2) is 0 Å². The molecule has 1 saturated carbocycles. The zero-order chi connectivity index (χ0) is 13.7. The summed E-state index contributed by atoms with van der Waals surface area (Å²) >= 11 is 0. The van der Waals surface area contributed by atoms with Crippen molar-refractivity contribution < 1.29 is 9.53 Å². The second-order valence-electron chi connectivity index (χ2n) is 5.91. The van der Waals surface area contributed by atoms with E-state index in [1.807, 2.05) is 11.9 Å². The quantitative estimate of drug-likeness (QED) is 0.828. The number of nitrogens with zero attached hydrogens (tertiary/aromatic N) is 1. The fourth-order valence-electron chi connectivity index (χ4n) is 3.20. The number of nitrogens with one attached hydrogen (secondary N) is 1. The van der Waals surface area contributed by atoms with Crippen LogP contribution in [-0.2, 0) is 9.53 Å². The van der Waals surface area contributed by atoms with Gasteiger partial charge in [0.2, 0.25) is 0 Å². The SMILES string of the molecule is CCCNC1CCC(N(C)C(=O)C2CCCO2)CC1. The molecule has 0 radical (unpaired) electrons. The fraction of sp³-hybridized carbons (Fsp3) is 0.933. The van der Waals surface area contributed by atoms with Gasteiger partial charge < -0.3 is 15.0 Å². The normalized spacial score (nSPS) is 31.4. The molecule has 1 atom stereocenters. The van der Waals surface area contributed by atoms with Crippen molar-refractivity contribution in [3.05, 3.63) is 0 Å². The predicted octanol–water partition coefficient (Wildman–Crippen LogP) is 1.93. The van der Waals surface area contributed by atoms with Crippen LogP contribution in [-0.4, -0.2) is 49.2 Å². The van der Waals surface area contributed by atoms with Crippen LogP contribution in [0.3, 0.4) is 0 Å². The lowest BCUT2D eigenvalue weighted by Crippen LogP contribution is -2.46. The molecule has 1 saturated heterocycles. The Bertz CT molecular complexity index is 282. The summed E-state index contributed by atoms with van der Waals surface area (Å²) in [4.78, 5) is 14.2. The van der Waals surface area contributed by atoms with Crippen molar-refractivity contribution in [2.24, 2.45) is 0 Å². The summed E-state index contributed by atoms with van der Waals surface area (Å²) in [5.41, 5.74) is 0. The van der Waals surface area contributed by atoms with Gasteiger partial charge in [-0.15, -0.1) is 0 Å². The average molecular weight is 268 g/mol. The van der Waals surface area contributed by atoms with Gasteiger partial charge in [-0.1, -0.05) is 6.92 Å². The van der Waals surface area contributed by atoms with Gasteiger partial charge in [0.1, 0.15) is 6.10 Å². The van der Waals surface area contributed by atoms with E-state index in [-0.39, 0.29) is 12.0 Å². The molecule has 19 heavy (non-hydrogen) atoms. The summed E-state index contributed by atoms with van der Waals surface area (Å²) in [5, 5.41) is 3.59. The maximum absolute atomic E-state index is 12.3. The molecular formula is C15H28N2O2. The van der Waals surface area contributed by atoms with Crippen molar-refractivity contribution in [3.63, 3.8) is 0 Å². The number of hydrogen-bond donors (Lipinski definition) is 1. The summed E-state index contributed by atoms with van der Waals surface area (Å²) in [6.45, 7) is 4.06. The van der Waals surface area contributed by atoms with Crippen molar-refractivity contribution in [1.82, 2.24) is 10.2 Å². The molecular weight excluding hydrogens is 240 g/mol. The Hall–Kier alpha value is -0.610. The van der Waals surface area contributed by atoms with E-state index in [2.05, 4.69) is 12.2 Å². The van der Waals surface area contributed by atoms with Gasteiger partial charge in [0, 0.05) is 25.7 Å². The van der Waals surface area contributed by atoms with Gasteiger partial charge in [-0.25, -0.2) is 0 Å². The molecule has 2 rings (SSSR count). The van der Waals surface area contributed by atoms with Gasteiger partial charge in [0.05, 0.1) is 0 Å². The first-order valence-corrected chi connectivity index (χ1v) is 7.84. The highest BCUT2D eigenvalue weighted by Gasteiger charge is 2.32. The maximum atomic E-state index is 12.3. The van der Waals surface area contributed by atoms with E-state index < -0.39 is 0 Å².